The molecule has 2 saturated heterocycles. The molecule has 2 aliphatic rings. The Morgan fingerprint density at radius 1 is 1.21 bits per heavy atom. The number of aromatic nitrogens is 1. The van der Waals surface area contributed by atoms with Crippen LogP contribution in [0.2, 0.25) is 0 Å². The molecule has 180 valence electrons. The lowest BCUT2D eigenvalue weighted by Gasteiger charge is -2.30. The Morgan fingerprint density at radius 2 is 2.03 bits per heavy atom. The molecule has 2 unspecified atom stereocenters. The van der Waals surface area contributed by atoms with E-state index in [1.165, 1.54) is 19.3 Å². The average Bonchev–Trinajstić information content (AvgIpc) is 3.50. The van der Waals surface area contributed by atoms with Gasteiger partial charge in [-0.05, 0) is 32.1 Å². The van der Waals surface area contributed by atoms with Crippen molar-refractivity contribution in [1.29, 1.82) is 0 Å². The van der Waals surface area contributed by atoms with Crippen LogP contribution in [0.4, 0.5) is 5.88 Å². The van der Waals surface area contributed by atoms with Gasteiger partial charge in [-0.15, -0.1) is 6.58 Å². The molecule has 0 radical (unpaired) electrons. The van der Waals surface area contributed by atoms with E-state index in [0.29, 0.717) is 19.7 Å². The molecule has 2 fully saturated rings. The van der Waals surface area contributed by atoms with Gasteiger partial charge in [-0.2, -0.15) is 0 Å². The van der Waals surface area contributed by atoms with Crippen molar-refractivity contribution in [3.8, 4) is 11.3 Å². The number of ether oxygens (including phenoxy) is 2. The van der Waals surface area contributed by atoms with Crippen molar-refractivity contribution in [2.24, 2.45) is 0 Å². The first-order valence-electron chi connectivity index (χ1n) is 12.2. The molecule has 33 heavy (non-hydrogen) atoms. The van der Waals surface area contributed by atoms with Gasteiger partial charge in [0.2, 0.25) is 5.88 Å². The molecular formula is C26H37N3O4. The van der Waals surface area contributed by atoms with Crippen molar-refractivity contribution in [3.05, 3.63) is 48.6 Å². The van der Waals surface area contributed by atoms with Gasteiger partial charge in [0.25, 0.3) is 0 Å². The summed E-state index contributed by atoms with van der Waals surface area (Å²) in [6, 6.07) is 10.2. The topological polar surface area (TPSA) is 71.2 Å². The molecule has 0 amide bonds. The fourth-order valence-corrected chi connectivity index (χ4v) is 4.75. The molecule has 0 spiro atoms. The number of hydrogen-bond acceptors (Lipinski definition) is 7. The standard InChI is InChI=1S/C26H37N3O4/c1-2-15-31-20-22(30)17-28(18-23-12-9-16-32-23)19-24-25(21-10-5-3-6-11-21)27-33-26(24)29-13-7-4-8-14-29/h2-3,5-6,10-11,22-23,30H,1,4,7-9,12-20H2. The SMILES string of the molecule is C=CCOCC(O)CN(Cc1c(-c2ccccc2)noc1N1CCCCC1)CC1CCCO1. The molecule has 3 heterocycles. The van der Waals surface area contributed by atoms with Crippen LogP contribution in [0, 0.1) is 0 Å². The van der Waals surface area contributed by atoms with E-state index in [1.807, 2.05) is 18.2 Å². The van der Waals surface area contributed by atoms with E-state index in [4.69, 9.17) is 14.0 Å². The zero-order chi connectivity index (χ0) is 22.9. The highest BCUT2D eigenvalue weighted by atomic mass is 16.5. The van der Waals surface area contributed by atoms with E-state index in [2.05, 4.69) is 33.7 Å². The number of hydrogen-bond donors (Lipinski definition) is 1. The highest BCUT2D eigenvalue weighted by Gasteiger charge is 2.28. The van der Waals surface area contributed by atoms with Crippen LogP contribution >= 0.6 is 0 Å². The van der Waals surface area contributed by atoms with Gasteiger partial charge in [0.15, 0.2) is 0 Å². The lowest BCUT2D eigenvalue weighted by Crippen LogP contribution is -2.39. The minimum Gasteiger partial charge on any atom is -0.389 e. The lowest BCUT2D eigenvalue weighted by molar-refractivity contribution is 0.00859. The van der Waals surface area contributed by atoms with E-state index in [9.17, 15) is 5.11 Å². The Bertz CT molecular complexity index is 844. The van der Waals surface area contributed by atoms with Gasteiger partial charge in [0, 0.05) is 44.9 Å². The molecule has 1 aromatic heterocycles. The molecular weight excluding hydrogens is 418 g/mol. The van der Waals surface area contributed by atoms with Crippen molar-refractivity contribution < 1.29 is 19.1 Å². The van der Waals surface area contributed by atoms with Crippen molar-refractivity contribution >= 4 is 5.88 Å². The quantitative estimate of drug-likeness (QED) is 0.385. The molecule has 0 saturated carbocycles. The predicted molar refractivity (Wildman–Crippen MR) is 129 cm³/mol. The predicted octanol–water partition coefficient (Wildman–Crippen LogP) is 3.88. The van der Waals surface area contributed by atoms with Gasteiger partial charge in [-0.25, -0.2) is 0 Å². The maximum atomic E-state index is 10.7. The van der Waals surface area contributed by atoms with Gasteiger partial charge < -0.3 is 24.0 Å². The maximum absolute atomic E-state index is 10.7. The van der Waals surface area contributed by atoms with E-state index in [1.54, 1.807) is 6.08 Å². The van der Waals surface area contributed by atoms with Crippen molar-refractivity contribution in [3.63, 3.8) is 0 Å². The Balaban J connectivity index is 1.58. The number of benzene rings is 1. The number of anilines is 1. The van der Waals surface area contributed by atoms with Crippen molar-refractivity contribution in [1.82, 2.24) is 10.1 Å². The smallest absolute Gasteiger partial charge is 0.232 e. The number of aliphatic hydroxyl groups excluding tert-OH is 1. The Kier molecular flexibility index (Phi) is 8.94. The average molecular weight is 456 g/mol. The second-order valence-electron chi connectivity index (χ2n) is 9.04. The zero-order valence-corrected chi connectivity index (χ0v) is 19.5. The third-order valence-electron chi connectivity index (χ3n) is 6.34. The number of rotatable bonds is 12. The Morgan fingerprint density at radius 3 is 2.76 bits per heavy atom. The van der Waals surface area contributed by atoms with Gasteiger partial charge in [-0.3, -0.25) is 4.90 Å². The van der Waals surface area contributed by atoms with Gasteiger partial charge in [0.1, 0.15) is 5.69 Å². The molecule has 2 aromatic rings. The first-order chi connectivity index (χ1) is 16.2. The minimum absolute atomic E-state index is 0.185. The van der Waals surface area contributed by atoms with Crippen LogP contribution in [0.15, 0.2) is 47.5 Å². The molecule has 1 aromatic carbocycles. The summed E-state index contributed by atoms with van der Waals surface area (Å²) in [5.41, 5.74) is 3.01. The van der Waals surface area contributed by atoms with E-state index in [-0.39, 0.29) is 12.7 Å². The lowest BCUT2D eigenvalue weighted by atomic mass is 10.0. The summed E-state index contributed by atoms with van der Waals surface area (Å²) in [7, 11) is 0. The summed E-state index contributed by atoms with van der Waals surface area (Å²) in [5, 5.41) is 15.2. The molecule has 0 bridgehead atoms. The fraction of sp³-hybridized carbons (Fsp3) is 0.577. The second-order valence-corrected chi connectivity index (χ2v) is 9.04. The molecule has 2 atom stereocenters. The van der Waals surface area contributed by atoms with E-state index < -0.39 is 6.10 Å². The molecule has 7 heteroatoms. The van der Waals surface area contributed by atoms with E-state index >= 15 is 0 Å². The molecule has 7 nitrogen and oxygen atoms in total. The van der Waals surface area contributed by atoms with Gasteiger partial charge >= 0.3 is 0 Å². The van der Waals surface area contributed by atoms with Crippen LogP contribution in [-0.2, 0) is 16.0 Å². The number of aliphatic hydroxyl groups is 1. The van der Waals surface area contributed by atoms with Crippen molar-refractivity contribution in [2.45, 2.75) is 50.9 Å². The molecule has 2 aliphatic heterocycles. The summed E-state index contributed by atoms with van der Waals surface area (Å²) in [4.78, 5) is 4.59. The van der Waals surface area contributed by atoms with Crippen LogP contribution in [0.3, 0.4) is 0 Å². The molecule has 4 rings (SSSR count). The largest absolute Gasteiger partial charge is 0.389 e. The van der Waals surface area contributed by atoms with Crippen LogP contribution in [0.25, 0.3) is 11.3 Å². The summed E-state index contributed by atoms with van der Waals surface area (Å²) in [5.74, 6) is 0.864. The monoisotopic (exact) mass is 455 g/mol. The number of nitrogens with zero attached hydrogens (tertiary/aromatic N) is 3. The van der Waals surface area contributed by atoms with Crippen molar-refractivity contribution in [2.75, 3.05) is 50.9 Å². The van der Waals surface area contributed by atoms with Gasteiger partial charge in [0.05, 0.1) is 31.0 Å². The van der Waals surface area contributed by atoms with E-state index in [0.717, 1.165) is 61.8 Å². The summed E-state index contributed by atoms with van der Waals surface area (Å²) >= 11 is 0. The molecule has 1 N–H and O–H groups in total. The van der Waals surface area contributed by atoms with Crippen LogP contribution < -0.4 is 4.90 Å². The Labute approximate surface area is 196 Å². The maximum Gasteiger partial charge on any atom is 0.232 e. The zero-order valence-electron chi connectivity index (χ0n) is 19.5. The summed E-state index contributed by atoms with van der Waals surface area (Å²) in [6.45, 7) is 9.07. The summed E-state index contributed by atoms with van der Waals surface area (Å²) in [6.07, 6.45) is 7.02. The highest BCUT2D eigenvalue weighted by Crippen LogP contribution is 2.34. The minimum atomic E-state index is -0.593. The third kappa shape index (κ3) is 6.67. The summed E-state index contributed by atoms with van der Waals surface area (Å²) < 4.78 is 17.4. The van der Waals surface area contributed by atoms with Crippen LogP contribution in [0.5, 0.6) is 0 Å². The first kappa shape index (κ1) is 24.0. The highest BCUT2D eigenvalue weighted by molar-refractivity contribution is 5.68. The normalized spacial score (nSPS) is 19.8. The first-order valence-corrected chi connectivity index (χ1v) is 12.2. The number of piperidine rings is 1. The van der Waals surface area contributed by atoms with Crippen LogP contribution in [0.1, 0.15) is 37.7 Å². The van der Waals surface area contributed by atoms with Gasteiger partial charge in [-0.1, -0.05) is 41.6 Å². The second kappa shape index (κ2) is 12.3. The molecule has 0 aliphatic carbocycles. The fourth-order valence-electron chi connectivity index (χ4n) is 4.75. The van der Waals surface area contributed by atoms with Crippen LogP contribution in [-0.4, -0.2) is 73.4 Å². The third-order valence-corrected chi connectivity index (χ3v) is 6.34. The Hall–Kier alpha value is -2.19.